The SMILES string of the molecule is CC(C)(C)C(NC(=O)CN)c1ccc(F)cc1F. The molecule has 0 aromatic heterocycles. The van der Waals surface area contributed by atoms with Crippen molar-refractivity contribution in [2.75, 3.05) is 6.54 Å². The van der Waals surface area contributed by atoms with E-state index in [-0.39, 0.29) is 18.0 Å². The molecule has 1 atom stereocenters. The van der Waals surface area contributed by atoms with E-state index < -0.39 is 23.1 Å². The van der Waals surface area contributed by atoms with Crippen LogP contribution in [-0.4, -0.2) is 12.5 Å². The van der Waals surface area contributed by atoms with Crippen molar-refractivity contribution in [1.29, 1.82) is 0 Å². The van der Waals surface area contributed by atoms with Crippen LogP contribution in [-0.2, 0) is 4.79 Å². The fraction of sp³-hybridized carbons (Fsp3) is 0.462. The number of carbonyl (C=O) groups is 1. The van der Waals surface area contributed by atoms with E-state index in [0.29, 0.717) is 0 Å². The van der Waals surface area contributed by atoms with Gasteiger partial charge in [0.15, 0.2) is 0 Å². The van der Waals surface area contributed by atoms with Crippen molar-refractivity contribution < 1.29 is 13.6 Å². The van der Waals surface area contributed by atoms with E-state index in [9.17, 15) is 13.6 Å². The quantitative estimate of drug-likeness (QED) is 0.870. The molecule has 0 fully saturated rings. The molecule has 0 radical (unpaired) electrons. The zero-order chi connectivity index (χ0) is 13.9. The Balaban J connectivity index is 3.14. The first-order valence-corrected chi connectivity index (χ1v) is 5.70. The Morgan fingerprint density at radius 2 is 2.00 bits per heavy atom. The average Bonchev–Trinajstić information content (AvgIpc) is 2.25. The lowest BCUT2D eigenvalue weighted by atomic mass is 9.82. The predicted molar refractivity (Wildman–Crippen MR) is 65.8 cm³/mol. The number of amides is 1. The van der Waals surface area contributed by atoms with Gasteiger partial charge in [-0.1, -0.05) is 26.8 Å². The Hall–Kier alpha value is -1.49. The van der Waals surface area contributed by atoms with Gasteiger partial charge in [0.2, 0.25) is 5.91 Å². The van der Waals surface area contributed by atoms with Gasteiger partial charge < -0.3 is 11.1 Å². The molecule has 0 aliphatic heterocycles. The minimum atomic E-state index is -0.674. The Morgan fingerprint density at radius 3 is 2.44 bits per heavy atom. The maximum atomic E-state index is 13.8. The van der Waals surface area contributed by atoms with Gasteiger partial charge in [-0.15, -0.1) is 0 Å². The van der Waals surface area contributed by atoms with Crippen LogP contribution < -0.4 is 11.1 Å². The monoisotopic (exact) mass is 256 g/mol. The molecule has 0 saturated heterocycles. The topological polar surface area (TPSA) is 55.1 Å². The highest BCUT2D eigenvalue weighted by Gasteiger charge is 2.29. The lowest BCUT2D eigenvalue weighted by molar-refractivity contribution is -0.121. The number of hydrogen-bond acceptors (Lipinski definition) is 2. The van der Waals surface area contributed by atoms with E-state index in [1.54, 1.807) is 0 Å². The molecule has 1 aromatic rings. The van der Waals surface area contributed by atoms with E-state index in [4.69, 9.17) is 5.73 Å². The molecule has 3 N–H and O–H groups in total. The maximum Gasteiger partial charge on any atom is 0.234 e. The first-order valence-electron chi connectivity index (χ1n) is 5.70. The summed E-state index contributed by atoms with van der Waals surface area (Å²) in [5.74, 6) is -1.69. The number of halogens is 2. The molecule has 0 aliphatic rings. The zero-order valence-electron chi connectivity index (χ0n) is 10.8. The Bertz CT molecular complexity index is 441. The normalized spacial score (nSPS) is 13.2. The van der Waals surface area contributed by atoms with Gasteiger partial charge in [-0.25, -0.2) is 8.78 Å². The molecule has 100 valence electrons. The van der Waals surface area contributed by atoms with Gasteiger partial charge in [-0.05, 0) is 11.5 Å². The second kappa shape index (κ2) is 5.44. The second-order valence-electron chi connectivity index (χ2n) is 5.24. The van der Waals surface area contributed by atoms with Crippen LogP contribution in [0.25, 0.3) is 0 Å². The highest BCUT2D eigenvalue weighted by molar-refractivity contribution is 5.78. The zero-order valence-corrected chi connectivity index (χ0v) is 10.8. The van der Waals surface area contributed by atoms with Gasteiger partial charge >= 0.3 is 0 Å². The van der Waals surface area contributed by atoms with Crippen LogP contribution in [0.15, 0.2) is 18.2 Å². The lowest BCUT2D eigenvalue weighted by Gasteiger charge is -2.32. The van der Waals surface area contributed by atoms with Crippen molar-refractivity contribution in [3.63, 3.8) is 0 Å². The van der Waals surface area contributed by atoms with E-state index in [0.717, 1.165) is 6.07 Å². The summed E-state index contributed by atoms with van der Waals surface area (Å²) in [7, 11) is 0. The summed E-state index contributed by atoms with van der Waals surface area (Å²) in [6, 6.07) is 2.76. The first kappa shape index (κ1) is 14.6. The molecular formula is C13H18F2N2O. The molecule has 0 bridgehead atoms. The minimum Gasteiger partial charge on any atom is -0.348 e. The molecule has 5 heteroatoms. The predicted octanol–water partition coefficient (Wildman–Crippen LogP) is 2.13. The van der Waals surface area contributed by atoms with Crippen LogP contribution in [0.1, 0.15) is 32.4 Å². The third kappa shape index (κ3) is 3.50. The van der Waals surface area contributed by atoms with Crippen LogP contribution in [0.5, 0.6) is 0 Å². The van der Waals surface area contributed by atoms with Crippen molar-refractivity contribution in [2.24, 2.45) is 11.1 Å². The standard InChI is InChI=1S/C13H18F2N2O/c1-13(2,3)12(17-11(18)7-16)9-5-4-8(14)6-10(9)15/h4-6,12H,7,16H2,1-3H3,(H,17,18). The summed E-state index contributed by atoms with van der Waals surface area (Å²) in [6.07, 6.45) is 0. The van der Waals surface area contributed by atoms with Gasteiger partial charge in [0.1, 0.15) is 11.6 Å². The van der Waals surface area contributed by atoms with Gasteiger partial charge in [-0.2, -0.15) is 0 Å². The third-order valence-electron chi connectivity index (χ3n) is 2.63. The van der Waals surface area contributed by atoms with Gasteiger partial charge in [-0.3, -0.25) is 4.79 Å². The smallest absolute Gasteiger partial charge is 0.234 e. The molecule has 1 aromatic carbocycles. The van der Waals surface area contributed by atoms with Gasteiger partial charge in [0.05, 0.1) is 12.6 Å². The van der Waals surface area contributed by atoms with Crippen LogP contribution in [0.4, 0.5) is 8.78 Å². The van der Waals surface area contributed by atoms with Crippen molar-refractivity contribution in [1.82, 2.24) is 5.32 Å². The summed E-state index contributed by atoms with van der Waals surface area (Å²) < 4.78 is 26.7. The number of nitrogens with two attached hydrogens (primary N) is 1. The molecule has 3 nitrogen and oxygen atoms in total. The van der Waals surface area contributed by atoms with Crippen molar-refractivity contribution in [3.05, 3.63) is 35.4 Å². The van der Waals surface area contributed by atoms with E-state index >= 15 is 0 Å². The molecule has 0 aliphatic carbocycles. The van der Waals surface area contributed by atoms with Crippen LogP contribution in [0.3, 0.4) is 0 Å². The number of carbonyl (C=O) groups excluding carboxylic acids is 1. The number of benzene rings is 1. The van der Waals surface area contributed by atoms with E-state index in [1.807, 2.05) is 20.8 Å². The van der Waals surface area contributed by atoms with E-state index in [2.05, 4.69) is 5.32 Å². The summed E-state index contributed by atoms with van der Waals surface area (Å²) in [5.41, 5.74) is 5.08. The van der Waals surface area contributed by atoms with E-state index in [1.165, 1.54) is 12.1 Å². The molecule has 0 heterocycles. The molecule has 0 saturated carbocycles. The summed E-state index contributed by atoms with van der Waals surface area (Å²) in [4.78, 5) is 11.4. The summed E-state index contributed by atoms with van der Waals surface area (Å²) in [6.45, 7) is 5.40. The van der Waals surface area contributed by atoms with Crippen molar-refractivity contribution in [2.45, 2.75) is 26.8 Å². The Morgan fingerprint density at radius 1 is 1.39 bits per heavy atom. The lowest BCUT2D eigenvalue weighted by Crippen LogP contribution is -2.40. The first-order chi connectivity index (χ1) is 8.25. The van der Waals surface area contributed by atoms with Crippen LogP contribution >= 0.6 is 0 Å². The van der Waals surface area contributed by atoms with Gasteiger partial charge in [0.25, 0.3) is 0 Å². The van der Waals surface area contributed by atoms with Crippen LogP contribution in [0, 0.1) is 17.0 Å². The Kier molecular flexibility index (Phi) is 4.40. The minimum absolute atomic E-state index is 0.171. The number of rotatable bonds is 3. The molecular weight excluding hydrogens is 238 g/mol. The summed E-state index contributed by atoms with van der Waals surface area (Å²) in [5, 5.41) is 2.66. The fourth-order valence-corrected chi connectivity index (χ4v) is 1.72. The number of hydrogen-bond donors (Lipinski definition) is 2. The molecule has 0 spiro atoms. The second-order valence-corrected chi connectivity index (χ2v) is 5.24. The molecule has 1 rings (SSSR count). The highest BCUT2D eigenvalue weighted by atomic mass is 19.1. The average molecular weight is 256 g/mol. The third-order valence-corrected chi connectivity index (χ3v) is 2.63. The van der Waals surface area contributed by atoms with Crippen molar-refractivity contribution in [3.8, 4) is 0 Å². The Labute approximate surface area is 105 Å². The summed E-state index contributed by atoms with van der Waals surface area (Å²) >= 11 is 0. The maximum absolute atomic E-state index is 13.8. The fourth-order valence-electron chi connectivity index (χ4n) is 1.72. The largest absolute Gasteiger partial charge is 0.348 e. The van der Waals surface area contributed by atoms with Crippen LogP contribution in [0.2, 0.25) is 0 Å². The molecule has 1 unspecified atom stereocenters. The highest BCUT2D eigenvalue weighted by Crippen LogP contribution is 2.34. The molecule has 18 heavy (non-hydrogen) atoms. The number of nitrogens with one attached hydrogen (secondary N) is 1. The molecule has 1 amide bonds. The van der Waals surface area contributed by atoms with Gasteiger partial charge in [0, 0.05) is 11.6 Å². The van der Waals surface area contributed by atoms with Crippen molar-refractivity contribution >= 4 is 5.91 Å².